The molecule has 0 amide bonds. The van der Waals surface area contributed by atoms with Crippen molar-refractivity contribution in [1.29, 1.82) is 0 Å². The Kier molecular flexibility index (Phi) is 3.28. The van der Waals surface area contributed by atoms with Gasteiger partial charge < -0.3 is 0 Å². The van der Waals surface area contributed by atoms with Crippen LogP contribution in [-0.4, -0.2) is 23.9 Å². The normalized spacial score (nSPS) is 19.9. The lowest BCUT2D eigenvalue weighted by atomic mass is 9.95. The highest BCUT2D eigenvalue weighted by molar-refractivity contribution is 8.00. The number of thioether (sulfide) groups is 1. The molecule has 0 aromatic carbocycles. The molecule has 14 heavy (non-hydrogen) atoms. The Morgan fingerprint density at radius 1 is 1.00 bits per heavy atom. The lowest BCUT2D eigenvalue weighted by Gasteiger charge is -2.31. The Morgan fingerprint density at radius 2 is 1.43 bits per heavy atom. The van der Waals surface area contributed by atoms with Crippen molar-refractivity contribution in [2.75, 3.05) is 11.5 Å². The molecule has 1 heterocycles. The van der Waals surface area contributed by atoms with E-state index in [0.717, 1.165) is 0 Å². The number of halogens is 6. The molecular weight excluding hydrogens is 230 g/mol. The molecule has 0 nitrogen and oxygen atoms in total. The highest BCUT2D eigenvalue weighted by atomic mass is 32.2. The Morgan fingerprint density at radius 3 is 1.64 bits per heavy atom. The van der Waals surface area contributed by atoms with Crippen LogP contribution >= 0.6 is 11.8 Å². The minimum absolute atomic E-state index is 0.405. The minimum atomic E-state index is -5.17. The molecule has 1 rings (SSSR count). The van der Waals surface area contributed by atoms with Crippen molar-refractivity contribution in [3.63, 3.8) is 0 Å². The van der Waals surface area contributed by atoms with Crippen LogP contribution in [0.5, 0.6) is 0 Å². The highest BCUT2D eigenvalue weighted by Crippen LogP contribution is 2.45. The van der Waals surface area contributed by atoms with Gasteiger partial charge in [0.25, 0.3) is 0 Å². The van der Waals surface area contributed by atoms with Crippen molar-refractivity contribution in [2.45, 2.75) is 18.8 Å². The largest absolute Gasteiger partial charge is 0.400 e. The molecule has 1 saturated heterocycles. The van der Waals surface area contributed by atoms with E-state index < -0.39 is 30.6 Å². The third-order valence-electron chi connectivity index (χ3n) is 2.07. The van der Waals surface area contributed by atoms with Crippen LogP contribution in [0.1, 0.15) is 6.42 Å². The van der Waals surface area contributed by atoms with Crippen molar-refractivity contribution < 1.29 is 26.3 Å². The van der Waals surface area contributed by atoms with Crippen molar-refractivity contribution in [2.24, 2.45) is 11.8 Å². The maximum atomic E-state index is 12.0. The average Bonchev–Trinajstić information content (AvgIpc) is 1.76. The van der Waals surface area contributed by atoms with E-state index in [0.29, 0.717) is 11.5 Å². The van der Waals surface area contributed by atoms with Crippen LogP contribution < -0.4 is 0 Å². The third-order valence-corrected chi connectivity index (χ3v) is 3.48. The highest BCUT2D eigenvalue weighted by Gasteiger charge is 2.57. The van der Waals surface area contributed by atoms with Gasteiger partial charge in [-0.2, -0.15) is 38.1 Å². The summed E-state index contributed by atoms with van der Waals surface area (Å²) in [6.07, 6.45) is -11.2. The zero-order valence-corrected chi connectivity index (χ0v) is 7.77. The molecule has 0 aromatic rings. The van der Waals surface area contributed by atoms with Gasteiger partial charge in [-0.1, -0.05) is 0 Å². The third kappa shape index (κ3) is 2.96. The van der Waals surface area contributed by atoms with E-state index in [9.17, 15) is 26.3 Å². The van der Waals surface area contributed by atoms with Crippen molar-refractivity contribution >= 4 is 11.8 Å². The monoisotopic (exact) mass is 238 g/mol. The van der Waals surface area contributed by atoms with Gasteiger partial charge in [-0.05, 0) is 23.8 Å². The molecule has 0 aromatic heterocycles. The molecule has 0 spiro atoms. The molecular formula is C7H8F6S. The van der Waals surface area contributed by atoms with Gasteiger partial charge in [-0.25, -0.2) is 0 Å². The average molecular weight is 238 g/mol. The van der Waals surface area contributed by atoms with Gasteiger partial charge >= 0.3 is 12.4 Å². The number of alkyl halides is 6. The summed E-state index contributed by atoms with van der Waals surface area (Å²) in [7, 11) is 0. The first kappa shape index (κ1) is 12.0. The fraction of sp³-hybridized carbons (Fsp3) is 1.00. The Hall–Kier alpha value is -0.0700. The first-order chi connectivity index (χ1) is 6.21. The van der Waals surface area contributed by atoms with E-state index in [1.165, 1.54) is 11.8 Å². The molecule has 0 unspecified atom stereocenters. The Labute approximate surface area is 81.0 Å². The van der Waals surface area contributed by atoms with Crippen LogP contribution in [-0.2, 0) is 0 Å². The Bertz CT molecular complexity index is 177. The molecule has 0 atom stereocenters. The van der Waals surface area contributed by atoms with Crippen molar-refractivity contribution in [3.8, 4) is 0 Å². The molecule has 0 aliphatic carbocycles. The van der Waals surface area contributed by atoms with Crippen LogP contribution in [0, 0.1) is 11.8 Å². The fourth-order valence-electron chi connectivity index (χ4n) is 1.21. The van der Waals surface area contributed by atoms with Crippen LogP contribution in [0.15, 0.2) is 0 Å². The molecule has 0 N–H and O–H groups in total. The fourth-order valence-corrected chi connectivity index (χ4v) is 2.05. The summed E-state index contributed by atoms with van der Waals surface area (Å²) in [5.41, 5.74) is 0. The van der Waals surface area contributed by atoms with Crippen LogP contribution in [0.4, 0.5) is 26.3 Å². The summed E-state index contributed by atoms with van der Waals surface area (Å²) < 4.78 is 72.1. The summed E-state index contributed by atoms with van der Waals surface area (Å²) in [4.78, 5) is 0. The quantitative estimate of drug-likeness (QED) is 0.664. The van der Waals surface area contributed by atoms with E-state index in [4.69, 9.17) is 0 Å². The van der Waals surface area contributed by atoms with Gasteiger partial charge in [0.1, 0.15) is 0 Å². The maximum Gasteiger partial charge on any atom is 0.400 e. The lowest BCUT2D eigenvalue weighted by Crippen LogP contribution is -2.39. The van der Waals surface area contributed by atoms with Crippen LogP contribution in [0.2, 0.25) is 0 Å². The van der Waals surface area contributed by atoms with E-state index in [1.807, 2.05) is 0 Å². The number of hydrogen-bond donors (Lipinski definition) is 0. The van der Waals surface area contributed by atoms with Gasteiger partial charge in [0.05, 0.1) is 0 Å². The molecule has 1 aliphatic heterocycles. The predicted octanol–water partition coefficient (Wildman–Crippen LogP) is 3.48. The van der Waals surface area contributed by atoms with E-state index in [-0.39, 0.29) is 0 Å². The second-order valence-corrected chi connectivity index (χ2v) is 4.35. The zero-order chi connectivity index (χ0) is 11.0. The number of hydrogen-bond acceptors (Lipinski definition) is 1. The second-order valence-electron chi connectivity index (χ2n) is 3.27. The minimum Gasteiger partial charge on any atom is -0.170 e. The van der Waals surface area contributed by atoms with Crippen molar-refractivity contribution in [3.05, 3.63) is 0 Å². The molecule has 0 bridgehead atoms. The van der Waals surface area contributed by atoms with E-state index in [2.05, 4.69) is 0 Å². The zero-order valence-electron chi connectivity index (χ0n) is 6.95. The lowest BCUT2D eigenvalue weighted by molar-refractivity contribution is -0.287. The molecule has 0 radical (unpaired) electrons. The van der Waals surface area contributed by atoms with Gasteiger partial charge in [-0.3, -0.25) is 0 Å². The number of rotatable bonds is 2. The summed E-state index contributed by atoms with van der Waals surface area (Å²) >= 11 is 1.37. The molecule has 1 aliphatic rings. The summed E-state index contributed by atoms with van der Waals surface area (Å²) in [5, 5.41) is 0. The van der Waals surface area contributed by atoms with Crippen LogP contribution in [0.3, 0.4) is 0 Å². The first-order valence-corrected chi connectivity index (χ1v) is 5.08. The smallest absolute Gasteiger partial charge is 0.170 e. The van der Waals surface area contributed by atoms with Gasteiger partial charge in [0.15, 0.2) is 5.92 Å². The SMILES string of the molecule is FC(F)(F)C(CC1CSC1)C(F)(F)F. The van der Waals surface area contributed by atoms with E-state index in [1.54, 1.807) is 0 Å². The topological polar surface area (TPSA) is 0 Å². The van der Waals surface area contributed by atoms with Gasteiger partial charge in [0.2, 0.25) is 0 Å². The molecule has 0 saturated carbocycles. The molecule has 7 heteroatoms. The molecule has 1 fully saturated rings. The van der Waals surface area contributed by atoms with Gasteiger partial charge in [0, 0.05) is 0 Å². The first-order valence-electron chi connectivity index (χ1n) is 3.92. The maximum absolute atomic E-state index is 12.0. The van der Waals surface area contributed by atoms with Crippen molar-refractivity contribution in [1.82, 2.24) is 0 Å². The summed E-state index contributed by atoms with van der Waals surface area (Å²) in [5.74, 6) is -2.78. The predicted molar refractivity (Wildman–Crippen MR) is 41.0 cm³/mol. The van der Waals surface area contributed by atoms with Gasteiger partial charge in [-0.15, -0.1) is 0 Å². The summed E-state index contributed by atoms with van der Waals surface area (Å²) in [6.45, 7) is 0. The second kappa shape index (κ2) is 3.83. The molecule has 84 valence electrons. The summed E-state index contributed by atoms with van der Waals surface area (Å²) in [6, 6.07) is 0. The Balaban J connectivity index is 2.61. The standard InChI is InChI=1S/C7H8F6S/c8-6(9,10)5(7(11,12)13)1-4-2-14-3-4/h4-5H,1-3H2. The van der Waals surface area contributed by atoms with E-state index >= 15 is 0 Å². The van der Waals surface area contributed by atoms with Crippen LogP contribution in [0.25, 0.3) is 0 Å².